The van der Waals surface area contributed by atoms with Crippen LogP contribution in [-0.4, -0.2) is 17.0 Å². The van der Waals surface area contributed by atoms with Gasteiger partial charge < -0.3 is 10.8 Å². The Kier molecular flexibility index (Phi) is 3.88. The molecular formula is C11H17NO3. The Bertz CT molecular complexity index is 288. The molecule has 1 rings (SSSR count). The first kappa shape index (κ1) is 11.8. The first-order chi connectivity index (χ1) is 7.00. The zero-order valence-electron chi connectivity index (χ0n) is 8.90. The molecule has 4 nitrogen and oxygen atoms in total. The third kappa shape index (κ3) is 3.38. The van der Waals surface area contributed by atoms with E-state index in [0.717, 1.165) is 31.8 Å². The van der Waals surface area contributed by atoms with Gasteiger partial charge >= 0.3 is 5.97 Å². The van der Waals surface area contributed by atoms with Crippen LogP contribution in [0.4, 0.5) is 0 Å². The molecule has 0 saturated heterocycles. The number of hydrogen-bond acceptors (Lipinski definition) is 2. The SMILES string of the molecule is CC1CCC(/C(=C/C(=O)O)C(N)=O)CC1. The van der Waals surface area contributed by atoms with Gasteiger partial charge in [-0.3, -0.25) is 4.79 Å². The van der Waals surface area contributed by atoms with E-state index in [1.54, 1.807) is 0 Å². The van der Waals surface area contributed by atoms with Crippen molar-refractivity contribution in [1.29, 1.82) is 0 Å². The molecule has 1 fully saturated rings. The number of aliphatic carboxylic acids is 1. The van der Waals surface area contributed by atoms with Gasteiger partial charge in [0.2, 0.25) is 5.91 Å². The number of rotatable bonds is 3. The predicted molar refractivity (Wildman–Crippen MR) is 56.0 cm³/mol. The van der Waals surface area contributed by atoms with Crippen molar-refractivity contribution in [1.82, 2.24) is 0 Å². The van der Waals surface area contributed by atoms with Crippen molar-refractivity contribution in [2.45, 2.75) is 32.6 Å². The molecular weight excluding hydrogens is 194 g/mol. The smallest absolute Gasteiger partial charge is 0.328 e. The van der Waals surface area contributed by atoms with Crippen LogP contribution in [0.15, 0.2) is 11.6 Å². The molecule has 1 aliphatic carbocycles. The summed E-state index contributed by atoms with van der Waals surface area (Å²) in [4.78, 5) is 21.6. The van der Waals surface area contributed by atoms with Crippen LogP contribution in [0.5, 0.6) is 0 Å². The zero-order chi connectivity index (χ0) is 11.4. The van der Waals surface area contributed by atoms with Crippen molar-refractivity contribution in [3.8, 4) is 0 Å². The number of primary amides is 1. The van der Waals surface area contributed by atoms with Gasteiger partial charge in [-0.15, -0.1) is 0 Å². The Morgan fingerprint density at radius 2 is 1.80 bits per heavy atom. The predicted octanol–water partition coefficient (Wildman–Crippen LogP) is 1.31. The Hall–Kier alpha value is -1.32. The van der Waals surface area contributed by atoms with Crippen LogP contribution in [0.1, 0.15) is 32.6 Å². The summed E-state index contributed by atoms with van der Waals surface area (Å²) < 4.78 is 0. The van der Waals surface area contributed by atoms with E-state index in [1.165, 1.54) is 0 Å². The van der Waals surface area contributed by atoms with E-state index in [-0.39, 0.29) is 11.5 Å². The lowest BCUT2D eigenvalue weighted by Crippen LogP contribution is -2.24. The molecule has 0 spiro atoms. The summed E-state index contributed by atoms with van der Waals surface area (Å²) in [5, 5.41) is 8.63. The minimum Gasteiger partial charge on any atom is -0.478 e. The summed E-state index contributed by atoms with van der Waals surface area (Å²) in [6.07, 6.45) is 4.76. The van der Waals surface area contributed by atoms with Gasteiger partial charge in [0.1, 0.15) is 0 Å². The van der Waals surface area contributed by atoms with Gasteiger partial charge in [0.15, 0.2) is 0 Å². The van der Waals surface area contributed by atoms with Gasteiger partial charge in [-0.25, -0.2) is 4.79 Å². The van der Waals surface area contributed by atoms with Crippen LogP contribution >= 0.6 is 0 Å². The summed E-state index contributed by atoms with van der Waals surface area (Å²) in [6, 6.07) is 0. The van der Waals surface area contributed by atoms with Crippen molar-refractivity contribution >= 4 is 11.9 Å². The number of amides is 1. The van der Waals surface area contributed by atoms with Gasteiger partial charge in [0, 0.05) is 11.6 Å². The minimum absolute atomic E-state index is 0.0369. The number of hydrogen-bond donors (Lipinski definition) is 2. The molecule has 1 amide bonds. The van der Waals surface area contributed by atoms with Crippen molar-refractivity contribution in [3.05, 3.63) is 11.6 Å². The molecule has 1 saturated carbocycles. The van der Waals surface area contributed by atoms with Crippen molar-refractivity contribution in [3.63, 3.8) is 0 Å². The molecule has 0 aromatic heterocycles. The maximum Gasteiger partial charge on any atom is 0.328 e. The van der Waals surface area contributed by atoms with Crippen LogP contribution in [0.3, 0.4) is 0 Å². The molecule has 0 aromatic rings. The van der Waals surface area contributed by atoms with Gasteiger partial charge in [0.05, 0.1) is 0 Å². The number of carbonyl (C=O) groups excluding carboxylic acids is 1. The Labute approximate surface area is 89.2 Å². The highest BCUT2D eigenvalue weighted by molar-refractivity contribution is 5.98. The molecule has 0 radical (unpaired) electrons. The average molecular weight is 211 g/mol. The normalized spacial score (nSPS) is 27.4. The lowest BCUT2D eigenvalue weighted by molar-refractivity contribution is -0.131. The Morgan fingerprint density at radius 3 is 2.20 bits per heavy atom. The molecule has 4 heteroatoms. The third-order valence-corrected chi connectivity index (χ3v) is 3.02. The highest BCUT2D eigenvalue weighted by Crippen LogP contribution is 2.32. The summed E-state index contributed by atoms with van der Waals surface area (Å²) >= 11 is 0. The number of carboxylic acids is 1. The molecule has 0 unspecified atom stereocenters. The van der Waals surface area contributed by atoms with Gasteiger partial charge in [-0.2, -0.15) is 0 Å². The molecule has 0 atom stereocenters. The van der Waals surface area contributed by atoms with Crippen molar-refractivity contribution in [2.24, 2.45) is 17.6 Å². The van der Waals surface area contributed by atoms with E-state index in [4.69, 9.17) is 10.8 Å². The summed E-state index contributed by atoms with van der Waals surface area (Å²) in [6.45, 7) is 2.17. The monoisotopic (exact) mass is 211 g/mol. The highest BCUT2D eigenvalue weighted by Gasteiger charge is 2.24. The van der Waals surface area contributed by atoms with Crippen molar-refractivity contribution < 1.29 is 14.7 Å². The Balaban J connectivity index is 2.73. The molecule has 0 aromatic carbocycles. The first-order valence-electron chi connectivity index (χ1n) is 5.25. The topological polar surface area (TPSA) is 80.4 Å². The van der Waals surface area contributed by atoms with Crippen molar-refractivity contribution in [2.75, 3.05) is 0 Å². The second kappa shape index (κ2) is 4.96. The van der Waals surface area contributed by atoms with E-state index in [1.807, 2.05) is 0 Å². The lowest BCUT2D eigenvalue weighted by atomic mass is 9.79. The van der Waals surface area contributed by atoms with E-state index in [9.17, 15) is 9.59 Å². The zero-order valence-corrected chi connectivity index (χ0v) is 8.90. The average Bonchev–Trinajstić information content (AvgIpc) is 2.15. The van der Waals surface area contributed by atoms with Gasteiger partial charge in [0.25, 0.3) is 0 Å². The quantitative estimate of drug-likeness (QED) is 0.690. The number of nitrogens with two attached hydrogens (primary N) is 1. The molecule has 0 aliphatic heterocycles. The first-order valence-corrected chi connectivity index (χ1v) is 5.25. The second-order valence-corrected chi connectivity index (χ2v) is 4.26. The van der Waals surface area contributed by atoms with Crippen LogP contribution < -0.4 is 5.73 Å². The summed E-state index contributed by atoms with van der Waals surface area (Å²) in [7, 11) is 0. The summed E-state index contributed by atoms with van der Waals surface area (Å²) in [5.41, 5.74) is 5.45. The highest BCUT2D eigenvalue weighted by atomic mass is 16.4. The lowest BCUT2D eigenvalue weighted by Gasteiger charge is -2.26. The molecule has 1 aliphatic rings. The Morgan fingerprint density at radius 1 is 1.27 bits per heavy atom. The molecule has 0 bridgehead atoms. The van der Waals surface area contributed by atoms with E-state index >= 15 is 0 Å². The molecule has 15 heavy (non-hydrogen) atoms. The van der Waals surface area contributed by atoms with Crippen LogP contribution in [0.25, 0.3) is 0 Å². The second-order valence-electron chi connectivity index (χ2n) is 4.26. The van der Waals surface area contributed by atoms with Crippen LogP contribution in [0, 0.1) is 11.8 Å². The standard InChI is InChI=1S/C11H17NO3/c1-7-2-4-8(5-3-7)9(11(12)15)6-10(13)14/h6-8H,2-5H2,1H3,(H2,12,15)(H,13,14)/b9-6-. The molecule has 84 valence electrons. The maximum atomic E-state index is 11.1. The van der Waals surface area contributed by atoms with E-state index in [0.29, 0.717) is 5.92 Å². The molecule has 0 heterocycles. The maximum absolute atomic E-state index is 11.1. The minimum atomic E-state index is -1.09. The number of carbonyl (C=O) groups is 2. The fourth-order valence-corrected chi connectivity index (χ4v) is 2.09. The van der Waals surface area contributed by atoms with Crippen LogP contribution in [0.2, 0.25) is 0 Å². The fraction of sp³-hybridized carbons (Fsp3) is 0.636. The largest absolute Gasteiger partial charge is 0.478 e. The van der Waals surface area contributed by atoms with Gasteiger partial charge in [-0.05, 0) is 24.7 Å². The van der Waals surface area contributed by atoms with Crippen LogP contribution in [-0.2, 0) is 9.59 Å². The fourth-order valence-electron chi connectivity index (χ4n) is 2.09. The van der Waals surface area contributed by atoms with Gasteiger partial charge in [-0.1, -0.05) is 19.8 Å². The molecule has 3 N–H and O–H groups in total. The van der Waals surface area contributed by atoms with E-state index < -0.39 is 11.9 Å². The summed E-state index contributed by atoms with van der Waals surface area (Å²) in [5.74, 6) is -0.991. The van der Waals surface area contributed by atoms with E-state index in [2.05, 4.69) is 6.92 Å². The number of carboxylic acid groups (broad SMARTS) is 1. The third-order valence-electron chi connectivity index (χ3n) is 3.02.